The summed E-state index contributed by atoms with van der Waals surface area (Å²) in [6.07, 6.45) is 1.91. The first kappa shape index (κ1) is 7.54. The lowest BCUT2D eigenvalue weighted by Gasteiger charge is -2.11. The minimum Gasteiger partial charge on any atom is -0.373 e. The minimum atomic E-state index is 0.132. The number of nitrogens with zero attached hydrogens (tertiary/aromatic N) is 1. The van der Waals surface area contributed by atoms with Crippen molar-refractivity contribution in [3.63, 3.8) is 0 Å². The number of rotatable bonds is 1. The maximum Gasteiger partial charge on any atom is 0.219 e. The third-order valence-corrected chi connectivity index (χ3v) is 1.76. The molecule has 1 saturated heterocycles. The summed E-state index contributed by atoms with van der Waals surface area (Å²) >= 11 is 0. The first-order valence-electron chi connectivity index (χ1n) is 3.38. The van der Waals surface area contributed by atoms with Crippen LogP contribution in [-0.2, 0) is 9.53 Å². The van der Waals surface area contributed by atoms with Crippen molar-refractivity contribution in [2.75, 3.05) is 20.2 Å². The van der Waals surface area contributed by atoms with Crippen molar-refractivity contribution in [2.24, 2.45) is 0 Å². The summed E-state index contributed by atoms with van der Waals surface area (Å²) in [6.45, 7) is 3.09. The van der Waals surface area contributed by atoms with E-state index in [4.69, 9.17) is 4.74 Å². The first-order valence-corrected chi connectivity index (χ1v) is 3.38. The van der Waals surface area contributed by atoms with Crippen LogP contribution in [0.1, 0.15) is 13.3 Å². The highest BCUT2D eigenvalue weighted by Gasteiger charge is 2.24. The summed E-state index contributed by atoms with van der Waals surface area (Å²) < 4.78 is 5.01. The largest absolute Gasteiger partial charge is 0.373 e. The first-order chi connectivity index (χ1) is 4.74. The summed E-state index contributed by atoms with van der Waals surface area (Å²) in [5, 5.41) is 0. The second-order valence-corrected chi connectivity index (χ2v) is 2.43. The number of amides is 1. The van der Waals surface area contributed by atoms with Gasteiger partial charge >= 0.3 is 0 Å². The molecule has 0 unspecified atom stereocenters. The predicted octanol–water partition coefficient (Wildman–Crippen LogP) is 0.417. The van der Waals surface area contributed by atoms with E-state index in [-0.39, 0.29) is 5.91 Å². The maximum atomic E-state index is 10.8. The summed E-state index contributed by atoms with van der Waals surface area (Å²) in [5.74, 6) is 0.132. The molecule has 1 aliphatic rings. The smallest absolute Gasteiger partial charge is 0.219 e. The molecular formula is C7H12NO2. The van der Waals surface area contributed by atoms with Crippen LogP contribution in [0.25, 0.3) is 0 Å². The Kier molecular flexibility index (Phi) is 2.27. The number of ether oxygens (including phenoxy) is 1. The normalized spacial score (nSPS) is 20.0. The predicted molar refractivity (Wildman–Crippen MR) is 37.1 cm³/mol. The highest BCUT2D eigenvalue weighted by Crippen LogP contribution is 2.17. The van der Waals surface area contributed by atoms with Crippen LogP contribution >= 0.6 is 0 Å². The second-order valence-electron chi connectivity index (χ2n) is 2.43. The van der Waals surface area contributed by atoms with Gasteiger partial charge in [-0.05, 0) is 6.42 Å². The summed E-state index contributed by atoms with van der Waals surface area (Å²) in [5.41, 5.74) is 0. The Hall–Kier alpha value is -0.570. The Labute approximate surface area is 61.0 Å². The van der Waals surface area contributed by atoms with E-state index in [1.165, 1.54) is 0 Å². The SMILES string of the molecule is CO[C]1CCN(C(C)=O)C1. The Balaban J connectivity index is 2.35. The van der Waals surface area contributed by atoms with Gasteiger partial charge in [0.05, 0.1) is 6.54 Å². The molecule has 1 amide bonds. The number of carbonyl (C=O) groups is 1. The van der Waals surface area contributed by atoms with Gasteiger partial charge in [0, 0.05) is 20.6 Å². The molecule has 1 aliphatic heterocycles. The third kappa shape index (κ3) is 1.48. The fourth-order valence-electron chi connectivity index (χ4n) is 1.07. The summed E-state index contributed by atoms with van der Waals surface area (Å²) in [6, 6.07) is 0. The molecule has 0 N–H and O–H groups in total. The highest BCUT2D eigenvalue weighted by atomic mass is 16.5. The number of hydrogen-bond donors (Lipinski definition) is 0. The Morgan fingerprint density at radius 1 is 1.70 bits per heavy atom. The van der Waals surface area contributed by atoms with Crippen LogP contribution in [0.3, 0.4) is 0 Å². The van der Waals surface area contributed by atoms with Crippen LogP contribution in [0.4, 0.5) is 0 Å². The zero-order valence-electron chi connectivity index (χ0n) is 6.39. The lowest BCUT2D eigenvalue weighted by molar-refractivity contribution is -0.127. The van der Waals surface area contributed by atoms with Crippen LogP contribution in [-0.4, -0.2) is 31.0 Å². The van der Waals surface area contributed by atoms with E-state index in [1.807, 2.05) is 0 Å². The van der Waals surface area contributed by atoms with Crippen LogP contribution in [0.2, 0.25) is 0 Å². The van der Waals surface area contributed by atoms with Gasteiger partial charge < -0.3 is 9.64 Å². The molecule has 0 saturated carbocycles. The summed E-state index contributed by atoms with van der Waals surface area (Å²) in [7, 11) is 1.65. The summed E-state index contributed by atoms with van der Waals surface area (Å²) in [4.78, 5) is 12.5. The Morgan fingerprint density at radius 2 is 2.40 bits per heavy atom. The average Bonchev–Trinajstić information content (AvgIpc) is 2.34. The van der Waals surface area contributed by atoms with Gasteiger partial charge in [-0.15, -0.1) is 0 Å². The molecule has 1 radical (unpaired) electrons. The van der Waals surface area contributed by atoms with E-state index in [2.05, 4.69) is 0 Å². The lowest BCUT2D eigenvalue weighted by atomic mass is 10.3. The standard InChI is InChI=1S/C7H12NO2/c1-6(9)8-4-3-7(5-8)10-2/h3-5H2,1-2H3. The molecule has 0 spiro atoms. The molecule has 1 rings (SSSR count). The van der Waals surface area contributed by atoms with Crippen molar-refractivity contribution in [1.82, 2.24) is 4.90 Å². The van der Waals surface area contributed by atoms with Crippen LogP contribution < -0.4 is 0 Å². The van der Waals surface area contributed by atoms with E-state index in [0.29, 0.717) is 6.54 Å². The molecule has 1 heterocycles. The van der Waals surface area contributed by atoms with Crippen LogP contribution in [0.5, 0.6) is 0 Å². The second kappa shape index (κ2) is 3.01. The van der Waals surface area contributed by atoms with Crippen molar-refractivity contribution < 1.29 is 9.53 Å². The monoisotopic (exact) mass is 142 g/mol. The fraction of sp³-hybridized carbons (Fsp3) is 0.714. The Morgan fingerprint density at radius 3 is 2.70 bits per heavy atom. The van der Waals surface area contributed by atoms with Crippen molar-refractivity contribution in [1.29, 1.82) is 0 Å². The lowest BCUT2D eigenvalue weighted by Crippen LogP contribution is -2.25. The van der Waals surface area contributed by atoms with Gasteiger partial charge in [0.15, 0.2) is 0 Å². The highest BCUT2D eigenvalue weighted by molar-refractivity contribution is 5.73. The number of methoxy groups -OCH3 is 1. The van der Waals surface area contributed by atoms with Gasteiger partial charge in [-0.3, -0.25) is 4.79 Å². The zero-order chi connectivity index (χ0) is 7.56. The van der Waals surface area contributed by atoms with Crippen LogP contribution in [0, 0.1) is 6.10 Å². The topological polar surface area (TPSA) is 29.5 Å². The van der Waals surface area contributed by atoms with E-state index >= 15 is 0 Å². The van der Waals surface area contributed by atoms with E-state index in [9.17, 15) is 4.79 Å². The molecular weight excluding hydrogens is 130 g/mol. The molecule has 0 aromatic carbocycles. The Bertz CT molecular complexity index is 136. The molecule has 0 aliphatic carbocycles. The molecule has 0 aromatic heterocycles. The molecule has 0 atom stereocenters. The molecule has 3 heteroatoms. The van der Waals surface area contributed by atoms with Gasteiger partial charge in [-0.25, -0.2) is 0 Å². The third-order valence-electron chi connectivity index (χ3n) is 1.76. The molecule has 10 heavy (non-hydrogen) atoms. The van der Waals surface area contributed by atoms with E-state index in [1.54, 1.807) is 18.9 Å². The quantitative estimate of drug-likeness (QED) is 0.531. The van der Waals surface area contributed by atoms with Crippen molar-refractivity contribution in [2.45, 2.75) is 13.3 Å². The molecule has 3 nitrogen and oxygen atoms in total. The van der Waals surface area contributed by atoms with Gasteiger partial charge in [-0.1, -0.05) is 0 Å². The number of carbonyl (C=O) groups excluding carboxylic acids is 1. The fourth-order valence-corrected chi connectivity index (χ4v) is 1.07. The molecule has 0 bridgehead atoms. The van der Waals surface area contributed by atoms with Gasteiger partial charge in [0.2, 0.25) is 5.91 Å². The average molecular weight is 142 g/mol. The molecule has 0 aromatic rings. The van der Waals surface area contributed by atoms with Gasteiger partial charge in [0.25, 0.3) is 0 Å². The van der Waals surface area contributed by atoms with E-state index in [0.717, 1.165) is 19.1 Å². The number of hydrogen-bond acceptors (Lipinski definition) is 2. The number of likely N-dealkylation sites (tertiary alicyclic amines) is 1. The zero-order valence-corrected chi connectivity index (χ0v) is 6.39. The van der Waals surface area contributed by atoms with Gasteiger partial charge in [0.1, 0.15) is 6.10 Å². The van der Waals surface area contributed by atoms with Crippen molar-refractivity contribution in [3.8, 4) is 0 Å². The minimum absolute atomic E-state index is 0.132. The van der Waals surface area contributed by atoms with Crippen molar-refractivity contribution >= 4 is 5.91 Å². The van der Waals surface area contributed by atoms with Crippen molar-refractivity contribution in [3.05, 3.63) is 6.10 Å². The molecule has 57 valence electrons. The maximum absolute atomic E-state index is 10.8. The van der Waals surface area contributed by atoms with Crippen LogP contribution in [0.15, 0.2) is 0 Å². The van der Waals surface area contributed by atoms with E-state index < -0.39 is 0 Å². The van der Waals surface area contributed by atoms with Gasteiger partial charge in [-0.2, -0.15) is 0 Å². The molecule has 1 fully saturated rings.